The highest BCUT2D eigenvalue weighted by atomic mass is 32.1. The fourth-order valence-corrected chi connectivity index (χ4v) is 4.00. The summed E-state index contributed by atoms with van der Waals surface area (Å²) < 4.78 is 40.8. The molecule has 0 fully saturated rings. The molecule has 9 heteroatoms. The molecule has 0 radical (unpaired) electrons. The number of halogens is 3. The lowest BCUT2D eigenvalue weighted by Gasteiger charge is -2.08. The Labute approximate surface area is 168 Å². The minimum absolute atomic E-state index is 0.109. The van der Waals surface area contributed by atoms with E-state index in [2.05, 4.69) is 15.0 Å². The van der Waals surface area contributed by atoms with Crippen molar-refractivity contribution < 1.29 is 22.7 Å². The predicted octanol–water partition coefficient (Wildman–Crippen LogP) is 4.81. The summed E-state index contributed by atoms with van der Waals surface area (Å²) in [5.41, 5.74) is 2.22. The average molecular weight is 426 g/mol. The van der Waals surface area contributed by atoms with Crippen LogP contribution in [-0.2, 0) is 29.1 Å². The Morgan fingerprint density at radius 1 is 1.11 bits per heavy atom. The molecule has 0 atom stereocenters. The van der Waals surface area contributed by atoms with Gasteiger partial charge in [-0.25, -0.2) is 4.98 Å². The minimum atomic E-state index is -4.33. The first-order valence-corrected chi connectivity index (χ1v) is 10.1. The van der Waals surface area contributed by atoms with Gasteiger partial charge in [0.2, 0.25) is 5.91 Å². The number of thiazole rings is 1. The first-order valence-electron chi connectivity index (χ1n) is 8.36. The number of nitrogens with zero attached hydrogens (tertiary/aromatic N) is 1. The van der Waals surface area contributed by atoms with Crippen molar-refractivity contribution in [2.75, 3.05) is 6.61 Å². The lowest BCUT2D eigenvalue weighted by molar-refractivity contribution is -0.176. The Bertz CT molecular complexity index is 891. The molecule has 0 aliphatic carbocycles. The number of carbonyl (C=O) groups excluding carboxylic acids is 1. The van der Waals surface area contributed by atoms with Crippen molar-refractivity contribution in [3.63, 3.8) is 0 Å². The number of carbonyl (C=O) groups is 1. The largest absolute Gasteiger partial charge is 0.411 e. The smallest absolute Gasteiger partial charge is 0.367 e. The molecular weight excluding hydrogens is 409 g/mol. The second-order valence-electron chi connectivity index (χ2n) is 6.00. The number of amides is 1. The molecule has 1 N–H and O–H groups in total. The molecule has 1 aromatic carbocycles. The van der Waals surface area contributed by atoms with E-state index in [9.17, 15) is 18.0 Å². The van der Waals surface area contributed by atoms with E-state index >= 15 is 0 Å². The van der Waals surface area contributed by atoms with Gasteiger partial charge < -0.3 is 10.1 Å². The summed E-state index contributed by atoms with van der Waals surface area (Å²) in [6, 6.07) is 10.8. The molecule has 3 rings (SSSR count). The second kappa shape index (κ2) is 9.31. The average Bonchev–Trinajstić information content (AvgIpc) is 3.31. The van der Waals surface area contributed by atoms with E-state index in [1.807, 2.05) is 22.9 Å². The van der Waals surface area contributed by atoms with Crippen LogP contribution < -0.4 is 5.32 Å². The molecule has 4 nitrogen and oxygen atoms in total. The van der Waals surface area contributed by atoms with E-state index in [4.69, 9.17) is 0 Å². The minimum Gasteiger partial charge on any atom is -0.367 e. The van der Waals surface area contributed by atoms with E-state index in [-0.39, 0.29) is 18.9 Å². The topological polar surface area (TPSA) is 51.2 Å². The van der Waals surface area contributed by atoms with Crippen LogP contribution in [0.4, 0.5) is 13.2 Å². The van der Waals surface area contributed by atoms with Crippen LogP contribution in [-0.4, -0.2) is 23.7 Å². The van der Waals surface area contributed by atoms with Crippen LogP contribution >= 0.6 is 22.7 Å². The molecule has 3 aromatic rings. The van der Waals surface area contributed by atoms with Crippen LogP contribution in [0.15, 0.2) is 47.2 Å². The Morgan fingerprint density at radius 2 is 1.86 bits per heavy atom. The highest BCUT2D eigenvalue weighted by Gasteiger charge is 2.27. The van der Waals surface area contributed by atoms with E-state index in [0.717, 1.165) is 21.1 Å². The van der Waals surface area contributed by atoms with Gasteiger partial charge in [-0.1, -0.05) is 30.3 Å². The zero-order valence-corrected chi connectivity index (χ0v) is 16.3. The number of rotatable bonds is 8. The summed E-state index contributed by atoms with van der Waals surface area (Å²) in [5, 5.41) is 7.59. The van der Waals surface area contributed by atoms with Gasteiger partial charge in [-0.05, 0) is 22.6 Å². The highest BCUT2D eigenvalue weighted by Crippen LogP contribution is 2.27. The van der Waals surface area contributed by atoms with Gasteiger partial charge in [-0.3, -0.25) is 4.79 Å². The van der Waals surface area contributed by atoms with Gasteiger partial charge in [-0.2, -0.15) is 13.2 Å². The van der Waals surface area contributed by atoms with Crippen LogP contribution in [0.5, 0.6) is 0 Å². The van der Waals surface area contributed by atoms with Gasteiger partial charge in [0, 0.05) is 11.9 Å². The number of thiophene rings is 1. The molecule has 0 aliphatic heterocycles. The van der Waals surface area contributed by atoms with Crippen molar-refractivity contribution in [3.8, 4) is 9.88 Å². The molecular formula is C19H17F3N2O2S2. The zero-order valence-electron chi connectivity index (χ0n) is 14.7. The molecule has 2 aromatic heterocycles. The third-order valence-corrected chi connectivity index (χ3v) is 5.60. The highest BCUT2D eigenvalue weighted by molar-refractivity contribution is 7.20. The number of ether oxygens (including phenoxy) is 1. The maximum atomic E-state index is 12.1. The third-order valence-electron chi connectivity index (χ3n) is 3.67. The summed E-state index contributed by atoms with van der Waals surface area (Å²) in [7, 11) is 0. The summed E-state index contributed by atoms with van der Waals surface area (Å²) in [6.07, 6.45) is -4.13. The van der Waals surface area contributed by atoms with Gasteiger partial charge in [0.1, 0.15) is 11.6 Å². The second-order valence-corrected chi connectivity index (χ2v) is 7.81. The first kappa shape index (κ1) is 20.5. The SMILES string of the molecule is O=C(Cc1csc(-c2cccs2)n1)NCc1ccc(COCC(F)(F)F)cc1. The summed E-state index contributed by atoms with van der Waals surface area (Å²) >= 11 is 3.12. The lowest BCUT2D eigenvalue weighted by atomic mass is 10.1. The molecule has 0 saturated heterocycles. The number of benzene rings is 1. The molecule has 2 heterocycles. The van der Waals surface area contributed by atoms with Crippen LogP contribution in [0.1, 0.15) is 16.8 Å². The standard InChI is InChI=1S/C19H17F3N2O2S2/c20-19(21,22)12-26-10-14-5-3-13(4-6-14)9-23-17(25)8-15-11-28-18(24-15)16-2-1-7-27-16/h1-7,11H,8-10,12H2,(H,23,25). The van der Waals surface area contributed by atoms with E-state index in [1.165, 1.54) is 11.3 Å². The number of nitrogens with one attached hydrogen (secondary N) is 1. The van der Waals surface area contributed by atoms with Crippen LogP contribution in [0, 0.1) is 0 Å². The van der Waals surface area contributed by atoms with Crippen molar-refractivity contribution >= 4 is 28.6 Å². The Kier molecular flexibility index (Phi) is 6.82. The Hall–Kier alpha value is -2.23. The van der Waals surface area contributed by atoms with Crippen LogP contribution in [0.2, 0.25) is 0 Å². The van der Waals surface area contributed by atoms with Crippen molar-refractivity contribution in [2.45, 2.75) is 25.7 Å². The third kappa shape index (κ3) is 6.43. The van der Waals surface area contributed by atoms with E-state index in [1.54, 1.807) is 35.6 Å². The molecule has 1 amide bonds. The van der Waals surface area contributed by atoms with Crippen molar-refractivity contribution in [2.24, 2.45) is 0 Å². The number of hydrogen-bond acceptors (Lipinski definition) is 5. The van der Waals surface area contributed by atoms with Crippen LogP contribution in [0.3, 0.4) is 0 Å². The molecule has 0 saturated carbocycles. The Balaban J connectivity index is 1.43. The van der Waals surface area contributed by atoms with Gasteiger partial charge >= 0.3 is 6.18 Å². The van der Waals surface area contributed by atoms with Crippen LogP contribution in [0.25, 0.3) is 9.88 Å². The fraction of sp³-hybridized carbons (Fsp3) is 0.263. The molecule has 148 valence electrons. The fourth-order valence-electron chi connectivity index (χ4n) is 2.37. The quantitative estimate of drug-likeness (QED) is 0.562. The number of aromatic nitrogens is 1. The monoisotopic (exact) mass is 426 g/mol. The van der Waals surface area contributed by atoms with Gasteiger partial charge in [0.15, 0.2) is 0 Å². The summed E-state index contributed by atoms with van der Waals surface area (Å²) in [6.45, 7) is -1.04. The molecule has 0 unspecified atom stereocenters. The number of alkyl halides is 3. The van der Waals surface area contributed by atoms with Crippen molar-refractivity contribution in [1.82, 2.24) is 10.3 Å². The predicted molar refractivity (Wildman–Crippen MR) is 103 cm³/mol. The summed E-state index contributed by atoms with van der Waals surface area (Å²) in [5.74, 6) is -0.138. The maximum absolute atomic E-state index is 12.1. The van der Waals surface area contributed by atoms with Crippen molar-refractivity contribution in [1.29, 1.82) is 0 Å². The van der Waals surface area contributed by atoms with Crippen molar-refractivity contribution in [3.05, 3.63) is 64.0 Å². The molecule has 28 heavy (non-hydrogen) atoms. The molecule has 0 aliphatic rings. The van der Waals surface area contributed by atoms with E-state index < -0.39 is 12.8 Å². The maximum Gasteiger partial charge on any atom is 0.411 e. The number of hydrogen-bond donors (Lipinski definition) is 1. The molecule has 0 bridgehead atoms. The zero-order chi connectivity index (χ0) is 20.0. The summed E-state index contributed by atoms with van der Waals surface area (Å²) in [4.78, 5) is 17.7. The van der Waals surface area contributed by atoms with Gasteiger partial charge in [0.05, 0.1) is 23.6 Å². The molecule has 0 spiro atoms. The lowest BCUT2D eigenvalue weighted by Crippen LogP contribution is -2.24. The Morgan fingerprint density at radius 3 is 2.54 bits per heavy atom. The normalized spacial score (nSPS) is 11.5. The van der Waals surface area contributed by atoms with Gasteiger partial charge in [-0.15, -0.1) is 22.7 Å². The first-order chi connectivity index (χ1) is 13.4. The van der Waals surface area contributed by atoms with Gasteiger partial charge in [0.25, 0.3) is 0 Å². The van der Waals surface area contributed by atoms with E-state index in [0.29, 0.717) is 12.1 Å².